The molecule has 0 spiro atoms. The normalized spacial score (nSPS) is 10.1. The number of nitriles is 1. The molecular formula is C16H11BrN4. The molecule has 0 bridgehead atoms. The molecule has 0 radical (unpaired) electrons. The molecule has 0 aliphatic heterocycles. The number of halogens is 1. The monoisotopic (exact) mass is 338 g/mol. The van der Waals surface area contributed by atoms with Gasteiger partial charge in [-0.15, -0.1) is 0 Å². The van der Waals surface area contributed by atoms with Crippen molar-refractivity contribution in [3.8, 4) is 17.3 Å². The van der Waals surface area contributed by atoms with Crippen molar-refractivity contribution in [2.24, 2.45) is 0 Å². The van der Waals surface area contributed by atoms with Gasteiger partial charge in [0.25, 0.3) is 0 Å². The Balaban J connectivity index is 1.96. The molecule has 0 aliphatic rings. The zero-order valence-electron chi connectivity index (χ0n) is 11.0. The molecule has 0 saturated carbocycles. The van der Waals surface area contributed by atoms with Crippen molar-refractivity contribution in [3.05, 3.63) is 64.6 Å². The van der Waals surface area contributed by atoms with Crippen LogP contribution in [0.5, 0.6) is 0 Å². The Morgan fingerprint density at radius 2 is 1.76 bits per heavy atom. The maximum absolute atomic E-state index is 9.41. The molecule has 102 valence electrons. The highest BCUT2D eigenvalue weighted by Gasteiger charge is 2.14. The van der Waals surface area contributed by atoms with Gasteiger partial charge < -0.3 is 5.32 Å². The molecule has 2 N–H and O–H groups in total. The van der Waals surface area contributed by atoms with Crippen molar-refractivity contribution >= 4 is 27.4 Å². The molecule has 0 fully saturated rings. The van der Waals surface area contributed by atoms with E-state index < -0.39 is 0 Å². The van der Waals surface area contributed by atoms with Crippen molar-refractivity contribution in [2.75, 3.05) is 5.32 Å². The number of aromatic amines is 1. The van der Waals surface area contributed by atoms with E-state index in [2.05, 4.69) is 37.5 Å². The summed E-state index contributed by atoms with van der Waals surface area (Å²) in [6.07, 6.45) is 0. The number of rotatable bonds is 3. The average Bonchev–Trinajstić information content (AvgIpc) is 2.93. The highest BCUT2D eigenvalue weighted by molar-refractivity contribution is 9.10. The molecule has 0 atom stereocenters. The lowest BCUT2D eigenvalue weighted by atomic mass is 10.1. The van der Waals surface area contributed by atoms with Crippen molar-refractivity contribution < 1.29 is 0 Å². The molecule has 0 aliphatic carbocycles. The Labute approximate surface area is 130 Å². The number of nitrogens with one attached hydrogen (secondary N) is 2. The zero-order chi connectivity index (χ0) is 14.7. The Bertz CT molecular complexity index is 785. The van der Waals surface area contributed by atoms with Gasteiger partial charge in [0.2, 0.25) is 0 Å². The standard InChI is InChI=1S/C16H11BrN4/c17-12-6-8-13(9-7-12)19-16-14(10-18)15(20-21-16)11-4-2-1-3-5-11/h1-9H,(H2,19,20,21). The summed E-state index contributed by atoms with van der Waals surface area (Å²) in [5, 5.41) is 19.7. The van der Waals surface area contributed by atoms with Gasteiger partial charge in [0.1, 0.15) is 11.6 Å². The van der Waals surface area contributed by atoms with Gasteiger partial charge in [-0.25, -0.2) is 0 Å². The summed E-state index contributed by atoms with van der Waals surface area (Å²) >= 11 is 3.39. The maximum Gasteiger partial charge on any atom is 0.170 e. The lowest BCUT2D eigenvalue weighted by Crippen LogP contribution is -1.92. The van der Waals surface area contributed by atoms with Crippen LogP contribution in [-0.4, -0.2) is 10.2 Å². The number of hydrogen-bond acceptors (Lipinski definition) is 3. The Morgan fingerprint density at radius 1 is 1.05 bits per heavy atom. The van der Waals surface area contributed by atoms with Gasteiger partial charge in [-0.2, -0.15) is 10.4 Å². The maximum atomic E-state index is 9.41. The van der Waals surface area contributed by atoms with Gasteiger partial charge in [-0.05, 0) is 24.3 Å². The second-order valence-corrected chi connectivity index (χ2v) is 5.35. The Morgan fingerprint density at radius 3 is 2.43 bits per heavy atom. The third kappa shape index (κ3) is 2.81. The lowest BCUT2D eigenvalue weighted by Gasteiger charge is -2.03. The molecule has 1 heterocycles. The van der Waals surface area contributed by atoms with Crippen LogP contribution in [-0.2, 0) is 0 Å². The first-order valence-corrected chi connectivity index (χ1v) is 7.13. The van der Waals surface area contributed by atoms with Crippen LogP contribution in [0.1, 0.15) is 5.56 Å². The van der Waals surface area contributed by atoms with Gasteiger partial charge in [0.15, 0.2) is 5.82 Å². The number of anilines is 2. The summed E-state index contributed by atoms with van der Waals surface area (Å²) in [5.74, 6) is 0.527. The smallest absolute Gasteiger partial charge is 0.170 e. The second-order valence-electron chi connectivity index (χ2n) is 4.43. The largest absolute Gasteiger partial charge is 0.338 e. The third-order valence-corrected chi connectivity index (χ3v) is 3.58. The number of H-pyrrole nitrogens is 1. The highest BCUT2D eigenvalue weighted by atomic mass is 79.9. The van der Waals surface area contributed by atoms with Gasteiger partial charge in [0, 0.05) is 15.7 Å². The number of hydrogen-bond donors (Lipinski definition) is 2. The summed E-state index contributed by atoms with van der Waals surface area (Å²) in [6, 6.07) is 19.6. The summed E-state index contributed by atoms with van der Waals surface area (Å²) in [6.45, 7) is 0. The predicted octanol–water partition coefficient (Wildman–Crippen LogP) is 4.45. The molecule has 5 heteroatoms. The second kappa shape index (κ2) is 5.81. The fourth-order valence-electron chi connectivity index (χ4n) is 2.02. The van der Waals surface area contributed by atoms with E-state index in [1.807, 2.05) is 54.6 Å². The van der Waals surface area contributed by atoms with E-state index in [9.17, 15) is 5.26 Å². The molecule has 0 unspecified atom stereocenters. The van der Waals surface area contributed by atoms with Crippen LogP contribution < -0.4 is 5.32 Å². The lowest BCUT2D eigenvalue weighted by molar-refractivity contribution is 1.10. The quantitative estimate of drug-likeness (QED) is 0.741. The summed E-state index contributed by atoms with van der Waals surface area (Å²) in [5.41, 5.74) is 3.04. The minimum atomic E-state index is 0.504. The summed E-state index contributed by atoms with van der Waals surface area (Å²) in [4.78, 5) is 0. The Hall–Kier alpha value is -2.58. The van der Waals surface area contributed by atoms with E-state index in [0.29, 0.717) is 11.4 Å². The topological polar surface area (TPSA) is 64.5 Å². The van der Waals surface area contributed by atoms with Crippen LogP contribution in [0.4, 0.5) is 11.5 Å². The van der Waals surface area contributed by atoms with E-state index in [0.717, 1.165) is 21.4 Å². The third-order valence-electron chi connectivity index (χ3n) is 3.05. The molecule has 1 aromatic heterocycles. The zero-order valence-corrected chi connectivity index (χ0v) is 12.6. The van der Waals surface area contributed by atoms with E-state index in [1.54, 1.807) is 0 Å². The first-order chi connectivity index (χ1) is 10.3. The first-order valence-electron chi connectivity index (χ1n) is 6.34. The number of benzene rings is 2. The first kappa shape index (κ1) is 13.4. The fraction of sp³-hybridized carbons (Fsp3) is 0. The molecule has 3 rings (SSSR count). The minimum Gasteiger partial charge on any atom is -0.338 e. The molecule has 4 nitrogen and oxygen atoms in total. The number of nitrogens with zero attached hydrogens (tertiary/aromatic N) is 2. The average molecular weight is 339 g/mol. The van der Waals surface area contributed by atoms with Gasteiger partial charge in [-0.1, -0.05) is 46.3 Å². The van der Waals surface area contributed by atoms with Crippen LogP contribution >= 0.6 is 15.9 Å². The van der Waals surface area contributed by atoms with Gasteiger partial charge in [-0.3, -0.25) is 5.10 Å². The SMILES string of the molecule is N#Cc1c(Nc2ccc(Br)cc2)n[nH]c1-c1ccccc1. The van der Waals surface area contributed by atoms with Crippen molar-refractivity contribution in [2.45, 2.75) is 0 Å². The summed E-state index contributed by atoms with van der Waals surface area (Å²) in [7, 11) is 0. The molecule has 21 heavy (non-hydrogen) atoms. The molecule has 2 aromatic carbocycles. The molecule has 0 saturated heterocycles. The van der Waals surface area contributed by atoms with Crippen LogP contribution in [0.2, 0.25) is 0 Å². The van der Waals surface area contributed by atoms with Crippen LogP contribution in [0.15, 0.2) is 59.1 Å². The van der Waals surface area contributed by atoms with E-state index >= 15 is 0 Å². The van der Waals surface area contributed by atoms with Crippen molar-refractivity contribution in [3.63, 3.8) is 0 Å². The van der Waals surface area contributed by atoms with Crippen LogP contribution in [0.25, 0.3) is 11.3 Å². The Kier molecular flexibility index (Phi) is 3.71. The minimum absolute atomic E-state index is 0.504. The fourth-order valence-corrected chi connectivity index (χ4v) is 2.29. The van der Waals surface area contributed by atoms with Crippen molar-refractivity contribution in [1.29, 1.82) is 5.26 Å². The van der Waals surface area contributed by atoms with E-state index in [4.69, 9.17) is 0 Å². The van der Waals surface area contributed by atoms with Gasteiger partial charge >= 0.3 is 0 Å². The molecule has 0 amide bonds. The van der Waals surface area contributed by atoms with Gasteiger partial charge in [0.05, 0.1) is 5.69 Å². The van der Waals surface area contributed by atoms with E-state index in [-0.39, 0.29) is 0 Å². The van der Waals surface area contributed by atoms with Crippen LogP contribution in [0, 0.1) is 11.3 Å². The molecule has 3 aromatic rings. The molecular weight excluding hydrogens is 328 g/mol. The predicted molar refractivity (Wildman–Crippen MR) is 86.2 cm³/mol. The van der Waals surface area contributed by atoms with Crippen LogP contribution in [0.3, 0.4) is 0 Å². The number of aromatic nitrogens is 2. The van der Waals surface area contributed by atoms with E-state index in [1.165, 1.54) is 0 Å². The van der Waals surface area contributed by atoms with Crippen molar-refractivity contribution in [1.82, 2.24) is 10.2 Å². The highest BCUT2D eigenvalue weighted by Crippen LogP contribution is 2.28. The summed E-state index contributed by atoms with van der Waals surface area (Å²) < 4.78 is 1.00.